The number of hydrogen-bond acceptors (Lipinski definition) is 3. The van der Waals surface area contributed by atoms with Crippen LogP contribution >= 0.6 is 0 Å². The summed E-state index contributed by atoms with van der Waals surface area (Å²) in [6.07, 6.45) is 3.55. The molecule has 26 heavy (non-hydrogen) atoms. The van der Waals surface area contributed by atoms with Gasteiger partial charge in [-0.15, -0.1) is 0 Å². The maximum absolute atomic E-state index is 11.8. The molecule has 0 amide bonds. The van der Waals surface area contributed by atoms with Crippen molar-refractivity contribution < 1.29 is 8.42 Å². The summed E-state index contributed by atoms with van der Waals surface area (Å²) < 4.78 is 25.8. The largest absolute Gasteiger partial charge is 0.357 e. The summed E-state index contributed by atoms with van der Waals surface area (Å²) >= 11 is 0. The average molecular weight is 383 g/mol. The highest BCUT2D eigenvalue weighted by Gasteiger charge is 2.10. The number of hydrogen-bond donors (Lipinski definition) is 3. The van der Waals surface area contributed by atoms with E-state index in [9.17, 15) is 8.42 Å². The van der Waals surface area contributed by atoms with Gasteiger partial charge in [0.05, 0.1) is 11.4 Å². The first-order chi connectivity index (χ1) is 12.3. The van der Waals surface area contributed by atoms with Crippen LogP contribution < -0.4 is 15.4 Å². The van der Waals surface area contributed by atoms with Crippen LogP contribution in [0.5, 0.6) is 0 Å². The van der Waals surface area contributed by atoms with Crippen LogP contribution in [-0.4, -0.2) is 34.0 Å². The summed E-state index contributed by atoms with van der Waals surface area (Å²) in [7, 11) is -1.99. The van der Waals surface area contributed by atoms with Crippen LogP contribution in [0.3, 0.4) is 0 Å². The number of nitrogens with zero attached hydrogens (tertiary/aromatic N) is 1. The molecule has 0 aliphatic carbocycles. The molecule has 1 unspecified atom stereocenters. The van der Waals surface area contributed by atoms with Crippen LogP contribution in [0.25, 0.3) is 0 Å². The minimum atomic E-state index is -3.40. The molecule has 148 valence electrons. The molecule has 1 atom stereocenters. The third-order valence-electron chi connectivity index (χ3n) is 4.07. The Kier molecular flexibility index (Phi) is 9.65. The van der Waals surface area contributed by atoms with E-state index in [1.54, 1.807) is 24.3 Å². The molecule has 0 heterocycles. The summed E-state index contributed by atoms with van der Waals surface area (Å²) in [6.45, 7) is 9.99. The SMILES string of the molecule is CCNC(=NCc1ccc(S(=O)(=O)NC)cc1)NC(C)CCCC(C)C. The van der Waals surface area contributed by atoms with Crippen molar-refractivity contribution in [3.05, 3.63) is 29.8 Å². The van der Waals surface area contributed by atoms with Crippen molar-refractivity contribution in [2.45, 2.75) is 64.4 Å². The fourth-order valence-electron chi connectivity index (χ4n) is 2.52. The Labute approximate surface area is 158 Å². The van der Waals surface area contributed by atoms with E-state index in [0.717, 1.165) is 30.4 Å². The highest BCUT2D eigenvalue weighted by atomic mass is 32.2. The highest BCUT2D eigenvalue weighted by Crippen LogP contribution is 2.11. The molecule has 7 heteroatoms. The predicted molar refractivity (Wildman–Crippen MR) is 109 cm³/mol. The van der Waals surface area contributed by atoms with Crippen LogP contribution in [0, 0.1) is 5.92 Å². The number of nitrogens with one attached hydrogen (secondary N) is 3. The molecular formula is C19H34N4O2S. The minimum Gasteiger partial charge on any atom is -0.357 e. The summed E-state index contributed by atoms with van der Waals surface area (Å²) in [5.74, 6) is 1.52. The Bertz CT molecular complexity index is 655. The Hall–Kier alpha value is -1.60. The van der Waals surface area contributed by atoms with Crippen LogP contribution in [-0.2, 0) is 16.6 Å². The molecule has 0 aliphatic heterocycles. The third-order valence-corrected chi connectivity index (χ3v) is 5.50. The number of rotatable bonds is 10. The van der Waals surface area contributed by atoms with Gasteiger partial charge in [0.25, 0.3) is 0 Å². The van der Waals surface area contributed by atoms with E-state index in [4.69, 9.17) is 0 Å². The summed E-state index contributed by atoms with van der Waals surface area (Å²) in [5.41, 5.74) is 0.963. The van der Waals surface area contributed by atoms with Gasteiger partial charge in [0, 0.05) is 12.6 Å². The van der Waals surface area contributed by atoms with Crippen molar-refractivity contribution in [1.82, 2.24) is 15.4 Å². The Balaban J connectivity index is 2.65. The molecule has 0 fully saturated rings. The molecular weight excluding hydrogens is 348 g/mol. The minimum absolute atomic E-state index is 0.261. The van der Waals surface area contributed by atoms with Crippen molar-refractivity contribution in [3.8, 4) is 0 Å². The molecule has 0 spiro atoms. The number of benzene rings is 1. The molecule has 0 saturated carbocycles. The van der Waals surface area contributed by atoms with Crippen molar-refractivity contribution >= 4 is 16.0 Å². The molecule has 3 N–H and O–H groups in total. The molecule has 0 aromatic heterocycles. The van der Waals surface area contributed by atoms with Crippen molar-refractivity contribution in [1.29, 1.82) is 0 Å². The second-order valence-electron chi connectivity index (χ2n) is 6.92. The van der Waals surface area contributed by atoms with Gasteiger partial charge in [-0.2, -0.15) is 0 Å². The van der Waals surface area contributed by atoms with Gasteiger partial charge in [0.2, 0.25) is 10.0 Å². The van der Waals surface area contributed by atoms with Crippen LogP contribution in [0.1, 0.15) is 52.5 Å². The second kappa shape index (κ2) is 11.2. The first-order valence-electron chi connectivity index (χ1n) is 9.35. The van der Waals surface area contributed by atoms with Crippen LogP contribution in [0.15, 0.2) is 34.2 Å². The van der Waals surface area contributed by atoms with E-state index in [0.29, 0.717) is 12.6 Å². The van der Waals surface area contributed by atoms with Crippen LogP contribution in [0.4, 0.5) is 0 Å². The van der Waals surface area contributed by atoms with Crippen LogP contribution in [0.2, 0.25) is 0 Å². The van der Waals surface area contributed by atoms with Crippen molar-refractivity contribution in [2.75, 3.05) is 13.6 Å². The molecule has 6 nitrogen and oxygen atoms in total. The molecule has 0 aliphatic rings. The molecule has 0 radical (unpaired) electrons. The topological polar surface area (TPSA) is 82.6 Å². The van der Waals surface area contributed by atoms with E-state index >= 15 is 0 Å². The predicted octanol–water partition coefficient (Wildman–Crippen LogP) is 2.86. The molecule has 1 aromatic carbocycles. The lowest BCUT2D eigenvalue weighted by atomic mass is 10.0. The first kappa shape index (κ1) is 22.4. The normalized spacial score (nSPS) is 13.7. The first-order valence-corrected chi connectivity index (χ1v) is 10.8. The number of aliphatic imine (C=N–C) groups is 1. The lowest BCUT2D eigenvalue weighted by molar-refractivity contribution is 0.491. The van der Waals surface area contributed by atoms with Gasteiger partial charge in [-0.1, -0.05) is 38.8 Å². The van der Waals surface area contributed by atoms with E-state index in [1.165, 1.54) is 19.9 Å². The number of guanidine groups is 1. The van der Waals surface area contributed by atoms with Gasteiger partial charge in [0.1, 0.15) is 0 Å². The maximum Gasteiger partial charge on any atom is 0.240 e. The zero-order valence-electron chi connectivity index (χ0n) is 16.7. The van der Waals surface area contributed by atoms with Gasteiger partial charge in [-0.3, -0.25) is 0 Å². The smallest absolute Gasteiger partial charge is 0.240 e. The Morgan fingerprint density at radius 1 is 1.12 bits per heavy atom. The van der Waals surface area contributed by atoms with E-state index in [1.807, 2.05) is 6.92 Å². The Morgan fingerprint density at radius 2 is 1.77 bits per heavy atom. The van der Waals surface area contributed by atoms with Gasteiger partial charge in [0.15, 0.2) is 5.96 Å². The monoisotopic (exact) mass is 382 g/mol. The zero-order chi connectivity index (χ0) is 19.6. The van der Waals surface area contributed by atoms with Crippen molar-refractivity contribution in [3.63, 3.8) is 0 Å². The zero-order valence-corrected chi connectivity index (χ0v) is 17.5. The molecule has 1 rings (SSSR count). The summed E-state index contributed by atoms with van der Waals surface area (Å²) in [4.78, 5) is 4.87. The summed E-state index contributed by atoms with van der Waals surface area (Å²) in [5, 5.41) is 6.70. The number of sulfonamides is 1. The molecule has 0 saturated heterocycles. The lowest BCUT2D eigenvalue weighted by Gasteiger charge is -2.18. The quantitative estimate of drug-likeness (QED) is 0.429. The second-order valence-corrected chi connectivity index (χ2v) is 8.80. The van der Waals surface area contributed by atoms with Crippen molar-refractivity contribution in [2.24, 2.45) is 10.9 Å². The fourth-order valence-corrected chi connectivity index (χ4v) is 3.25. The standard InChI is InChI=1S/C19H34N4O2S/c1-6-21-19(23-16(4)9-7-8-15(2)3)22-14-17-10-12-18(13-11-17)26(24,25)20-5/h10-13,15-16,20H,6-9,14H2,1-5H3,(H2,21,22,23). The van der Waals surface area contributed by atoms with E-state index in [2.05, 4.69) is 41.1 Å². The average Bonchev–Trinajstić information content (AvgIpc) is 2.60. The maximum atomic E-state index is 11.8. The molecule has 1 aromatic rings. The third kappa shape index (κ3) is 8.19. The fraction of sp³-hybridized carbons (Fsp3) is 0.632. The lowest BCUT2D eigenvalue weighted by Crippen LogP contribution is -2.42. The highest BCUT2D eigenvalue weighted by molar-refractivity contribution is 7.89. The molecule has 0 bridgehead atoms. The van der Waals surface area contributed by atoms with Gasteiger partial charge < -0.3 is 10.6 Å². The van der Waals surface area contributed by atoms with Gasteiger partial charge >= 0.3 is 0 Å². The van der Waals surface area contributed by atoms with Gasteiger partial charge in [-0.05, 0) is 50.9 Å². The van der Waals surface area contributed by atoms with E-state index in [-0.39, 0.29) is 4.90 Å². The Morgan fingerprint density at radius 3 is 2.31 bits per heavy atom. The van der Waals surface area contributed by atoms with Gasteiger partial charge in [-0.25, -0.2) is 18.1 Å². The van der Waals surface area contributed by atoms with E-state index < -0.39 is 10.0 Å². The summed E-state index contributed by atoms with van der Waals surface area (Å²) in [6, 6.07) is 7.15.